The molecule has 0 radical (unpaired) electrons. The molecule has 3 heterocycles. The molecule has 1 aliphatic rings. The number of pyridine rings is 1. The van der Waals surface area contributed by atoms with Gasteiger partial charge in [0.1, 0.15) is 29.3 Å². The summed E-state index contributed by atoms with van der Waals surface area (Å²) in [5.41, 5.74) is 5.47. The number of alkyl halides is 3. The molecular formula is C28H26F4N6O4S. The SMILES string of the molecule is C[C@]1(C(N)=O)COc2c1cc([C@@](O)(CNC(=O)c1ccc3nc(NCCN)sc3c1)C(F)(F)F)nc2-c1ccc(F)cc1. The van der Waals surface area contributed by atoms with Crippen LogP contribution in [0.5, 0.6) is 5.75 Å². The van der Waals surface area contributed by atoms with Gasteiger partial charge < -0.3 is 31.9 Å². The number of rotatable bonds is 9. The van der Waals surface area contributed by atoms with Crippen LogP contribution in [0.3, 0.4) is 0 Å². The van der Waals surface area contributed by atoms with Gasteiger partial charge in [0.15, 0.2) is 5.13 Å². The Kier molecular flexibility index (Phi) is 7.75. The van der Waals surface area contributed by atoms with Gasteiger partial charge >= 0.3 is 6.18 Å². The summed E-state index contributed by atoms with van der Waals surface area (Å²) in [7, 11) is 0. The molecule has 0 saturated carbocycles. The number of fused-ring (bicyclic) bond motifs is 2. The number of anilines is 1. The molecule has 43 heavy (non-hydrogen) atoms. The second-order valence-electron chi connectivity index (χ2n) is 10.2. The van der Waals surface area contributed by atoms with Crippen LogP contribution in [0.2, 0.25) is 0 Å². The monoisotopic (exact) mass is 618 g/mol. The molecule has 10 nitrogen and oxygen atoms in total. The van der Waals surface area contributed by atoms with Crippen molar-refractivity contribution >= 4 is 38.5 Å². The van der Waals surface area contributed by atoms with Crippen molar-refractivity contribution in [2.45, 2.75) is 24.1 Å². The number of ether oxygens (including phenoxy) is 1. The maximum Gasteiger partial charge on any atom is 0.424 e. The van der Waals surface area contributed by atoms with Gasteiger partial charge in [0.05, 0.1) is 22.5 Å². The maximum atomic E-state index is 14.6. The fourth-order valence-corrected chi connectivity index (χ4v) is 5.50. The molecular weight excluding hydrogens is 592 g/mol. The highest BCUT2D eigenvalue weighted by Crippen LogP contribution is 2.47. The number of aliphatic hydroxyl groups is 1. The molecule has 2 aromatic heterocycles. The minimum Gasteiger partial charge on any atom is -0.489 e. The van der Waals surface area contributed by atoms with E-state index in [0.717, 1.165) is 18.2 Å². The lowest BCUT2D eigenvalue weighted by atomic mass is 9.81. The molecule has 0 fully saturated rings. The average Bonchev–Trinajstić information content (AvgIpc) is 3.54. The third-order valence-corrected chi connectivity index (χ3v) is 8.18. The largest absolute Gasteiger partial charge is 0.489 e. The van der Waals surface area contributed by atoms with Gasteiger partial charge in [-0.2, -0.15) is 13.2 Å². The topological polar surface area (TPSA) is 165 Å². The van der Waals surface area contributed by atoms with Gasteiger partial charge in [-0.3, -0.25) is 9.59 Å². The minimum atomic E-state index is -5.34. The molecule has 5 rings (SSSR count). The van der Waals surface area contributed by atoms with E-state index in [-0.39, 0.29) is 34.7 Å². The van der Waals surface area contributed by atoms with Crippen molar-refractivity contribution < 1.29 is 37.0 Å². The summed E-state index contributed by atoms with van der Waals surface area (Å²) in [6.07, 6.45) is -5.34. The Balaban J connectivity index is 1.52. The summed E-state index contributed by atoms with van der Waals surface area (Å²) in [5, 5.41) is 16.9. The standard InChI is InChI=1S/C28H26F4N6O4S/c1-26(24(34)40)13-42-22-17(26)11-20(38-21(22)14-2-5-16(29)6-3-14)27(41,28(30,31)32)12-36-23(39)15-4-7-18-19(10-15)43-25(37-18)35-9-8-33/h2-7,10-11,41H,8-9,12-13,33H2,1H3,(H2,34,40)(H,35,37)(H,36,39)/t26-,27-/m0/s1. The summed E-state index contributed by atoms with van der Waals surface area (Å²) in [5.74, 6) is -2.39. The lowest BCUT2D eigenvalue weighted by Gasteiger charge is -2.31. The zero-order valence-electron chi connectivity index (χ0n) is 22.6. The number of primary amides is 1. The Morgan fingerprint density at radius 3 is 2.51 bits per heavy atom. The zero-order chi connectivity index (χ0) is 31.2. The van der Waals surface area contributed by atoms with Crippen LogP contribution in [0.4, 0.5) is 22.7 Å². The van der Waals surface area contributed by atoms with Gasteiger partial charge in [0.2, 0.25) is 11.5 Å². The van der Waals surface area contributed by atoms with E-state index in [4.69, 9.17) is 16.2 Å². The second kappa shape index (κ2) is 11.1. The number of halogens is 4. The van der Waals surface area contributed by atoms with Crippen molar-refractivity contribution in [1.29, 1.82) is 0 Å². The normalized spacial score (nSPS) is 17.7. The molecule has 0 saturated heterocycles. The molecule has 0 aliphatic carbocycles. The summed E-state index contributed by atoms with van der Waals surface area (Å²) in [6, 6.07) is 10.0. The van der Waals surface area contributed by atoms with E-state index in [1.807, 2.05) is 0 Å². The first-order valence-corrected chi connectivity index (χ1v) is 13.7. The van der Waals surface area contributed by atoms with Gasteiger partial charge in [-0.05, 0) is 55.5 Å². The molecule has 0 spiro atoms. The lowest BCUT2D eigenvalue weighted by Crippen LogP contribution is -2.51. The smallest absolute Gasteiger partial charge is 0.424 e. The number of amides is 2. The van der Waals surface area contributed by atoms with Crippen molar-refractivity contribution in [2.24, 2.45) is 11.5 Å². The van der Waals surface area contributed by atoms with Crippen LogP contribution in [-0.2, 0) is 15.8 Å². The van der Waals surface area contributed by atoms with E-state index < -0.39 is 47.1 Å². The molecule has 15 heteroatoms. The number of nitrogens with two attached hydrogens (primary N) is 2. The summed E-state index contributed by atoms with van der Waals surface area (Å²) < 4.78 is 63.7. The maximum absolute atomic E-state index is 14.6. The zero-order valence-corrected chi connectivity index (χ0v) is 23.4. The Hall–Kier alpha value is -4.34. The number of carbonyl (C=O) groups is 2. The molecule has 7 N–H and O–H groups in total. The Morgan fingerprint density at radius 2 is 1.86 bits per heavy atom. The van der Waals surface area contributed by atoms with Gasteiger partial charge in [0, 0.05) is 29.8 Å². The number of nitrogens with zero attached hydrogens (tertiary/aromatic N) is 2. The van der Waals surface area contributed by atoms with Crippen LogP contribution in [0, 0.1) is 5.82 Å². The first kappa shape index (κ1) is 30.1. The van der Waals surface area contributed by atoms with Crippen LogP contribution in [-0.4, -0.2) is 59.3 Å². The van der Waals surface area contributed by atoms with E-state index >= 15 is 0 Å². The fraction of sp³-hybridized carbons (Fsp3) is 0.286. The highest BCUT2D eigenvalue weighted by atomic mass is 32.1. The molecule has 226 valence electrons. The molecule has 1 aliphatic heterocycles. The van der Waals surface area contributed by atoms with Crippen molar-refractivity contribution in [3.8, 4) is 17.0 Å². The van der Waals surface area contributed by atoms with E-state index in [1.54, 1.807) is 6.07 Å². The minimum absolute atomic E-state index is 0.0246. The summed E-state index contributed by atoms with van der Waals surface area (Å²) >= 11 is 1.24. The van der Waals surface area contributed by atoms with E-state index in [1.165, 1.54) is 42.5 Å². The van der Waals surface area contributed by atoms with Crippen LogP contribution in [0.1, 0.15) is 28.5 Å². The van der Waals surface area contributed by atoms with Crippen LogP contribution in [0.25, 0.3) is 21.5 Å². The molecule has 4 aromatic rings. The number of nitrogens with one attached hydrogen (secondary N) is 2. The van der Waals surface area contributed by atoms with Gasteiger partial charge in [-0.15, -0.1) is 0 Å². The lowest BCUT2D eigenvalue weighted by molar-refractivity contribution is -0.265. The van der Waals surface area contributed by atoms with Crippen molar-refractivity contribution in [3.63, 3.8) is 0 Å². The van der Waals surface area contributed by atoms with Crippen LogP contribution >= 0.6 is 11.3 Å². The Labute approximate surface area is 246 Å². The van der Waals surface area contributed by atoms with Crippen molar-refractivity contribution in [3.05, 3.63) is 71.2 Å². The predicted molar refractivity (Wildman–Crippen MR) is 151 cm³/mol. The summed E-state index contributed by atoms with van der Waals surface area (Å²) in [6.45, 7) is 0.642. The first-order chi connectivity index (χ1) is 20.3. The van der Waals surface area contributed by atoms with Gasteiger partial charge in [0.25, 0.3) is 5.91 Å². The number of hydrogen-bond acceptors (Lipinski definition) is 9. The first-order valence-electron chi connectivity index (χ1n) is 12.9. The number of hydrogen-bond donors (Lipinski definition) is 5. The highest BCUT2D eigenvalue weighted by Gasteiger charge is 2.57. The van der Waals surface area contributed by atoms with Crippen molar-refractivity contribution in [1.82, 2.24) is 15.3 Å². The molecule has 0 unspecified atom stereocenters. The fourth-order valence-electron chi connectivity index (χ4n) is 4.57. The van der Waals surface area contributed by atoms with Gasteiger partial charge in [-0.25, -0.2) is 14.4 Å². The Bertz CT molecular complexity index is 1710. The molecule has 2 atom stereocenters. The van der Waals surface area contributed by atoms with Crippen LogP contribution in [0.15, 0.2) is 48.5 Å². The Morgan fingerprint density at radius 1 is 1.14 bits per heavy atom. The van der Waals surface area contributed by atoms with E-state index in [0.29, 0.717) is 28.4 Å². The number of benzene rings is 2. The van der Waals surface area contributed by atoms with Crippen LogP contribution < -0.4 is 26.8 Å². The highest BCUT2D eigenvalue weighted by molar-refractivity contribution is 7.22. The molecule has 2 aromatic carbocycles. The molecule has 0 bridgehead atoms. The number of carbonyl (C=O) groups excluding carboxylic acids is 2. The number of thiazole rings is 1. The average molecular weight is 619 g/mol. The third kappa shape index (κ3) is 5.46. The predicted octanol–water partition coefficient (Wildman–Crippen LogP) is 3.18. The van der Waals surface area contributed by atoms with E-state index in [2.05, 4.69) is 20.6 Å². The van der Waals surface area contributed by atoms with Crippen molar-refractivity contribution in [2.75, 3.05) is 31.6 Å². The molecule has 2 amide bonds. The summed E-state index contributed by atoms with van der Waals surface area (Å²) in [4.78, 5) is 33.8. The third-order valence-electron chi connectivity index (χ3n) is 7.20. The quantitative estimate of drug-likeness (QED) is 0.179. The van der Waals surface area contributed by atoms with E-state index in [9.17, 15) is 32.3 Å². The second-order valence-corrected chi connectivity index (χ2v) is 11.2. The van der Waals surface area contributed by atoms with Gasteiger partial charge in [-0.1, -0.05) is 11.3 Å². The number of aromatic nitrogens is 2.